The standard InChI is InChI=1S/C15H21N3O2/c1-10-5-12(6-11(2)14(10)19)8-17-3-4-18-13(9-17)7-16-15(18)20/h5-6,13,19H,3-4,7-9H2,1-2H3,(H,16,20). The van der Waals surface area contributed by atoms with Gasteiger partial charge in [-0.3, -0.25) is 4.90 Å². The van der Waals surface area contributed by atoms with E-state index in [0.717, 1.165) is 43.9 Å². The van der Waals surface area contributed by atoms with E-state index in [1.807, 2.05) is 30.9 Å². The van der Waals surface area contributed by atoms with Gasteiger partial charge in [0.2, 0.25) is 0 Å². The maximum atomic E-state index is 11.6. The Labute approximate surface area is 119 Å². The number of nitrogens with one attached hydrogen (secondary N) is 1. The molecule has 5 heteroatoms. The van der Waals surface area contributed by atoms with Crippen LogP contribution in [0.5, 0.6) is 5.75 Å². The van der Waals surface area contributed by atoms with Gasteiger partial charge in [0.1, 0.15) is 5.75 Å². The molecule has 5 nitrogen and oxygen atoms in total. The van der Waals surface area contributed by atoms with Gasteiger partial charge >= 0.3 is 6.03 Å². The molecule has 1 unspecified atom stereocenters. The zero-order chi connectivity index (χ0) is 14.3. The Hall–Kier alpha value is -1.75. The smallest absolute Gasteiger partial charge is 0.317 e. The van der Waals surface area contributed by atoms with Crippen LogP contribution in [0.2, 0.25) is 0 Å². The molecule has 2 aliphatic heterocycles. The Kier molecular flexibility index (Phi) is 3.30. The van der Waals surface area contributed by atoms with Gasteiger partial charge in [-0.25, -0.2) is 4.79 Å². The first-order chi connectivity index (χ1) is 9.54. The van der Waals surface area contributed by atoms with Crippen molar-refractivity contribution in [3.63, 3.8) is 0 Å². The third kappa shape index (κ3) is 2.33. The summed E-state index contributed by atoms with van der Waals surface area (Å²) in [6, 6.07) is 4.47. The fourth-order valence-electron chi connectivity index (χ4n) is 3.21. The number of urea groups is 1. The summed E-state index contributed by atoms with van der Waals surface area (Å²) in [7, 11) is 0. The summed E-state index contributed by atoms with van der Waals surface area (Å²) in [6.45, 7) is 8.11. The molecule has 0 aromatic heterocycles. The van der Waals surface area contributed by atoms with E-state index >= 15 is 0 Å². The lowest BCUT2D eigenvalue weighted by Gasteiger charge is -2.36. The molecule has 2 fully saturated rings. The Bertz CT molecular complexity index is 521. The molecule has 20 heavy (non-hydrogen) atoms. The first-order valence-corrected chi connectivity index (χ1v) is 7.10. The second kappa shape index (κ2) is 4.98. The highest BCUT2D eigenvalue weighted by atomic mass is 16.3. The Morgan fingerprint density at radius 3 is 2.70 bits per heavy atom. The number of amides is 2. The van der Waals surface area contributed by atoms with Gasteiger partial charge in [0.25, 0.3) is 0 Å². The first-order valence-electron chi connectivity index (χ1n) is 7.10. The van der Waals surface area contributed by atoms with Gasteiger partial charge in [-0.05, 0) is 30.5 Å². The van der Waals surface area contributed by atoms with Crippen molar-refractivity contribution in [1.82, 2.24) is 15.1 Å². The molecule has 0 bridgehead atoms. The van der Waals surface area contributed by atoms with Crippen LogP contribution in [0.1, 0.15) is 16.7 Å². The minimum atomic E-state index is 0.0750. The van der Waals surface area contributed by atoms with Crippen LogP contribution >= 0.6 is 0 Å². The minimum Gasteiger partial charge on any atom is -0.507 e. The van der Waals surface area contributed by atoms with Crippen molar-refractivity contribution in [2.24, 2.45) is 0 Å². The molecular weight excluding hydrogens is 254 g/mol. The van der Waals surface area contributed by atoms with Crippen molar-refractivity contribution in [3.8, 4) is 5.75 Å². The highest BCUT2D eigenvalue weighted by Gasteiger charge is 2.35. The Morgan fingerprint density at radius 2 is 2.00 bits per heavy atom. The number of carbonyl (C=O) groups excluding carboxylic acids is 1. The molecule has 0 radical (unpaired) electrons. The van der Waals surface area contributed by atoms with E-state index in [-0.39, 0.29) is 6.03 Å². The molecule has 2 amide bonds. The second-order valence-corrected chi connectivity index (χ2v) is 5.85. The molecular formula is C15H21N3O2. The van der Waals surface area contributed by atoms with Crippen LogP contribution in [0, 0.1) is 13.8 Å². The normalized spacial score (nSPS) is 22.8. The highest BCUT2D eigenvalue weighted by molar-refractivity contribution is 5.77. The van der Waals surface area contributed by atoms with Gasteiger partial charge < -0.3 is 15.3 Å². The fourth-order valence-corrected chi connectivity index (χ4v) is 3.21. The quantitative estimate of drug-likeness (QED) is 0.853. The Balaban J connectivity index is 1.69. The van der Waals surface area contributed by atoms with Crippen molar-refractivity contribution in [1.29, 1.82) is 0 Å². The predicted octanol–water partition coefficient (Wildman–Crippen LogP) is 1.22. The molecule has 2 heterocycles. The van der Waals surface area contributed by atoms with E-state index in [0.29, 0.717) is 11.8 Å². The van der Waals surface area contributed by atoms with Gasteiger partial charge in [-0.2, -0.15) is 0 Å². The number of rotatable bonds is 2. The molecule has 0 saturated carbocycles. The average molecular weight is 275 g/mol. The van der Waals surface area contributed by atoms with Crippen LogP contribution in [0.4, 0.5) is 4.79 Å². The number of piperazine rings is 1. The highest BCUT2D eigenvalue weighted by Crippen LogP contribution is 2.24. The first kappa shape index (κ1) is 13.2. The van der Waals surface area contributed by atoms with E-state index < -0.39 is 0 Å². The van der Waals surface area contributed by atoms with E-state index in [4.69, 9.17) is 0 Å². The Morgan fingerprint density at radius 1 is 1.30 bits per heavy atom. The topological polar surface area (TPSA) is 55.8 Å². The molecule has 2 aliphatic rings. The number of phenolic OH excluding ortho intramolecular Hbond substituents is 1. The van der Waals surface area contributed by atoms with Gasteiger partial charge in [0.05, 0.1) is 6.04 Å². The van der Waals surface area contributed by atoms with Crippen LogP contribution in [-0.4, -0.2) is 53.2 Å². The second-order valence-electron chi connectivity index (χ2n) is 5.85. The van der Waals surface area contributed by atoms with Crippen molar-refractivity contribution >= 4 is 6.03 Å². The van der Waals surface area contributed by atoms with Crippen LogP contribution in [-0.2, 0) is 6.54 Å². The SMILES string of the molecule is Cc1cc(CN2CCN3C(=O)NCC3C2)cc(C)c1O. The molecule has 1 atom stereocenters. The lowest BCUT2D eigenvalue weighted by Crippen LogP contribution is -2.51. The van der Waals surface area contributed by atoms with Crippen molar-refractivity contribution in [3.05, 3.63) is 28.8 Å². The van der Waals surface area contributed by atoms with E-state index in [1.165, 1.54) is 5.56 Å². The van der Waals surface area contributed by atoms with Crippen LogP contribution in [0.15, 0.2) is 12.1 Å². The molecule has 3 rings (SSSR count). The number of fused-ring (bicyclic) bond motifs is 1. The number of phenols is 1. The number of aromatic hydroxyl groups is 1. The molecule has 2 N–H and O–H groups in total. The summed E-state index contributed by atoms with van der Waals surface area (Å²) in [5.74, 6) is 0.393. The monoisotopic (exact) mass is 275 g/mol. The zero-order valence-corrected chi connectivity index (χ0v) is 12.0. The molecule has 2 saturated heterocycles. The number of aryl methyl sites for hydroxylation is 2. The summed E-state index contributed by atoms with van der Waals surface area (Å²) in [5.41, 5.74) is 3.08. The van der Waals surface area contributed by atoms with Crippen molar-refractivity contribution < 1.29 is 9.90 Å². The van der Waals surface area contributed by atoms with Crippen molar-refractivity contribution in [2.75, 3.05) is 26.2 Å². The minimum absolute atomic E-state index is 0.0750. The summed E-state index contributed by atoms with van der Waals surface area (Å²) < 4.78 is 0. The molecule has 0 spiro atoms. The van der Waals surface area contributed by atoms with Gasteiger partial charge in [0.15, 0.2) is 0 Å². The van der Waals surface area contributed by atoms with E-state index in [9.17, 15) is 9.90 Å². The number of benzene rings is 1. The third-order valence-electron chi connectivity index (χ3n) is 4.27. The average Bonchev–Trinajstić information content (AvgIpc) is 2.77. The zero-order valence-electron chi connectivity index (χ0n) is 12.0. The lowest BCUT2D eigenvalue weighted by atomic mass is 10.0. The summed E-state index contributed by atoms with van der Waals surface area (Å²) in [6.07, 6.45) is 0. The van der Waals surface area contributed by atoms with Gasteiger partial charge in [-0.1, -0.05) is 12.1 Å². The molecule has 1 aromatic rings. The predicted molar refractivity (Wildman–Crippen MR) is 76.8 cm³/mol. The third-order valence-corrected chi connectivity index (χ3v) is 4.27. The van der Waals surface area contributed by atoms with E-state index in [1.54, 1.807) is 0 Å². The molecule has 108 valence electrons. The lowest BCUT2D eigenvalue weighted by molar-refractivity contribution is 0.116. The van der Waals surface area contributed by atoms with Crippen molar-refractivity contribution in [2.45, 2.75) is 26.4 Å². The fraction of sp³-hybridized carbons (Fsp3) is 0.533. The maximum absolute atomic E-state index is 11.6. The maximum Gasteiger partial charge on any atom is 0.317 e. The van der Waals surface area contributed by atoms with E-state index in [2.05, 4.69) is 10.2 Å². The number of carbonyl (C=O) groups is 1. The number of hydrogen-bond donors (Lipinski definition) is 2. The summed E-state index contributed by atoms with van der Waals surface area (Å²) in [5, 5.41) is 12.7. The van der Waals surface area contributed by atoms with Crippen LogP contribution in [0.25, 0.3) is 0 Å². The number of nitrogens with zero attached hydrogens (tertiary/aromatic N) is 2. The van der Waals surface area contributed by atoms with Crippen LogP contribution in [0.3, 0.4) is 0 Å². The summed E-state index contributed by atoms with van der Waals surface area (Å²) >= 11 is 0. The van der Waals surface area contributed by atoms with Crippen LogP contribution < -0.4 is 5.32 Å². The largest absolute Gasteiger partial charge is 0.507 e. The molecule has 1 aromatic carbocycles. The van der Waals surface area contributed by atoms with Gasteiger partial charge in [0, 0.05) is 32.7 Å². The van der Waals surface area contributed by atoms with Gasteiger partial charge in [-0.15, -0.1) is 0 Å². The number of hydrogen-bond acceptors (Lipinski definition) is 3. The molecule has 0 aliphatic carbocycles. The summed E-state index contributed by atoms with van der Waals surface area (Å²) in [4.78, 5) is 15.9.